The van der Waals surface area contributed by atoms with Gasteiger partial charge in [-0.05, 0) is 48.4 Å². The number of amides is 2. The number of halogens is 1. The Kier molecular flexibility index (Phi) is 7.91. The highest BCUT2D eigenvalue weighted by Crippen LogP contribution is 2.28. The zero-order chi connectivity index (χ0) is 22.8. The van der Waals surface area contributed by atoms with Gasteiger partial charge in [0, 0.05) is 0 Å². The second kappa shape index (κ2) is 11.3. The standard InChI is InChI=1S/C24H22FN3O4/c1-2-31-22-14-18(12-13-21(22)32-16-17-8-4-3-5-9-17)15-26-28-24(30)23(29)27-20-11-7-6-10-19(20)25/h3-15H,2,16H2,1H3,(H,27,29)(H,28,30). The van der Waals surface area contributed by atoms with Crippen LogP contribution in [0.4, 0.5) is 10.1 Å². The maximum atomic E-state index is 13.6. The van der Waals surface area contributed by atoms with Crippen LogP contribution in [0.2, 0.25) is 0 Å². The number of nitrogens with zero attached hydrogens (tertiary/aromatic N) is 1. The van der Waals surface area contributed by atoms with Crippen molar-refractivity contribution in [1.82, 2.24) is 5.43 Å². The molecule has 0 heterocycles. The number of rotatable bonds is 8. The Morgan fingerprint density at radius 3 is 2.44 bits per heavy atom. The summed E-state index contributed by atoms with van der Waals surface area (Å²) in [7, 11) is 0. The van der Waals surface area contributed by atoms with E-state index in [9.17, 15) is 14.0 Å². The molecule has 0 aromatic heterocycles. The fourth-order valence-corrected chi connectivity index (χ4v) is 2.69. The van der Waals surface area contributed by atoms with Crippen molar-refractivity contribution in [3.05, 3.63) is 89.7 Å². The van der Waals surface area contributed by atoms with E-state index >= 15 is 0 Å². The molecule has 0 aliphatic heterocycles. The molecule has 3 aromatic carbocycles. The van der Waals surface area contributed by atoms with Gasteiger partial charge in [-0.3, -0.25) is 9.59 Å². The third-order valence-electron chi connectivity index (χ3n) is 4.21. The van der Waals surface area contributed by atoms with Crippen molar-refractivity contribution >= 4 is 23.7 Å². The van der Waals surface area contributed by atoms with Gasteiger partial charge in [-0.15, -0.1) is 0 Å². The summed E-state index contributed by atoms with van der Waals surface area (Å²) < 4.78 is 25.1. The van der Waals surface area contributed by atoms with Crippen molar-refractivity contribution < 1.29 is 23.5 Å². The maximum Gasteiger partial charge on any atom is 0.329 e. The van der Waals surface area contributed by atoms with Crippen LogP contribution >= 0.6 is 0 Å². The van der Waals surface area contributed by atoms with Crippen LogP contribution in [0.25, 0.3) is 0 Å². The minimum absolute atomic E-state index is 0.0934. The minimum atomic E-state index is -1.04. The average molecular weight is 435 g/mol. The third-order valence-corrected chi connectivity index (χ3v) is 4.21. The molecule has 0 spiro atoms. The zero-order valence-electron chi connectivity index (χ0n) is 17.4. The number of hydrogen-bond acceptors (Lipinski definition) is 5. The molecule has 0 radical (unpaired) electrons. The van der Waals surface area contributed by atoms with Crippen molar-refractivity contribution in [3.8, 4) is 11.5 Å². The van der Waals surface area contributed by atoms with Crippen LogP contribution in [0.15, 0.2) is 77.9 Å². The number of nitrogens with one attached hydrogen (secondary N) is 2. The number of carbonyl (C=O) groups excluding carboxylic acids is 2. The van der Waals surface area contributed by atoms with E-state index in [0.29, 0.717) is 30.3 Å². The molecule has 3 aromatic rings. The molecule has 7 nitrogen and oxygen atoms in total. The van der Waals surface area contributed by atoms with Gasteiger partial charge in [0.05, 0.1) is 18.5 Å². The van der Waals surface area contributed by atoms with Crippen LogP contribution in [-0.2, 0) is 16.2 Å². The number of hydrogen-bond donors (Lipinski definition) is 2. The molecule has 3 rings (SSSR count). The largest absolute Gasteiger partial charge is 0.490 e. The molecular formula is C24H22FN3O4. The second-order valence-corrected chi connectivity index (χ2v) is 6.55. The lowest BCUT2D eigenvalue weighted by molar-refractivity contribution is -0.136. The molecule has 0 saturated carbocycles. The highest BCUT2D eigenvalue weighted by atomic mass is 19.1. The van der Waals surface area contributed by atoms with Gasteiger partial charge < -0.3 is 14.8 Å². The van der Waals surface area contributed by atoms with Gasteiger partial charge >= 0.3 is 11.8 Å². The molecule has 0 unspecified atom stereocenters. The van der Waals surface area contributed by atoms with Gasteiger partial charge in [0.15, 0.2) is 11.5 Å². The van der Waals surface area contributed by atoms with E-state index in [-0.39, 0.29) is 5.69 Å². The predicted molar refractivity (Wildman–Crippen MR) is 119 cm³/mol. The van der Waals surface area contributed by atoms with Crippen LogP contribution in [0, 0.1) is 5.82 Å². The lowest BCUT2D eigenvalue weighted by Crippen LogP contribution is -2.32. The molecule has 2 N–H and O–H groups in total. The van der Waals surface area contributed by atoms with E-state index in [1.54, 1.807) is 18.2 Å². The van der Waals surface area contributed by atoms with E-state index in [0.717, 1.165) is 5.56 Å². The van der Waals surface area contributed by atoms with Gasteiger partial charge in [0.25, 0.3) is 0 Å². The fourth-order valence-electron chi connectivity index (χ4n) is 2.69. The quantitative estimate of drug-likeness (QED) is 0.319. The lowest BCUT2D eigenvalue weighted by atomic mass is 10.2. The van der Waals surface area contributed by atoms with Gasteiger partial charge in [0.1, 0.15) is 12.4 Å². The summed E-state index contributed by atoms with van der Waals surface area (Å²) in [5, 5.41) is 5.96. The molecule has 8 heteroatoms. The number of hydrazone groups is 1. The molecule has 0 aliphatic carbocycles. The van der Waals surface area contributed by atoms with E-state index in [4.69, 9.17) is 9.47 Å². The molecule has 0 atom stereocenters. The number of carbonyl (C=O) groups is 2. The fraction of sp³-hybridized carbons (Fsp3) is 0.125. The third kappa shape index (κ3) is 6.40. The van der Waals surface area contributed by atoms with Gasteiger partial charge in [-0.1, -0.05) is 42.5 Å². The summed E-state index contributed by atoms with van der Waals surface area (Å²) in [6, 6.07) is 20.5. The lowest BCUT2D eigenvalue weighted by Gasteiger charge is -2.12. The van der Waals surface area contributed by atoms with Crippen molar-refractivity contribution in [2.24, 2.45) is 5.10 Å². The molecule has 0 fully saturated rings. The van der Waals surface area contributed by atoms with Crippen LogP contribution in [-0.4, -0.2) is 24.6 Å². The first-order valence-corrected chi connectivity index (χ1v) is 9.89. The van der Waals surface area contributed by atoms with Crippen molar-refractivity contribution in [2.75, 3.05) is 11.9 Å². The van der Waals surface area contributed by atoms with Crippen molar-refractivity contribution in [1.29, 1.82) is 0 Å². The first-order chi connectivity index (χ1) is 15.6. The molecule has 32 heavy (non-hydrogen) atoms. The molecule has 164 valence electrons. The predicted octanol–water partition coefficient (Wildman–Crippen LogP) is 3.89. The summed E-state index contributed by atoms with van der Waals surface area (Å²) in [5.74, 6) is -1.61. The molecule has 2 amide bonds. The number of para-hydroxylation sites is 1. The Hall–Kier alpha value is -4.20. The topological polar surface area (TPSA) is 89.0 Å². The SMILES string of the molecule is CCOc1cc(C=NNC(=O)C(=O)Nc2ccccc2F)ccc1OCc1ccccc1. The smallest absolute Gasteiger partial charge is 0.329 e. The van der Waals surface area contributed by atoms with Gasteiger partial charge in [-0.2, -0.15) is 5.10 Å². The van der Waals surface area contributed by atoms with Crippen LogP contribution in [0.1, 0.15) is 18.1 Å². The summed E-state index contributed by atoms with van der Waals surface area (Å²) >= 11 is 0. The summed E-state index contributed by atoms with van der Waals surface area (Å²) in [5.41, 5.74) is 3.66. The maximum absolute atomic E-state index is 13.6. The Bertz CT molecular complexity index is 1100. The van der Waals surface area contributed by atoms with Crippen molar-refractivity contribution in [2.45, 2.75) is 13.5 Å². The summed E-state index contributed by atoms with van der Waals surface area (Å²) in [6.45, 7) is 2.69. The van der Waals surface area contributed by atoms with Gasteiger partial charge in [0.2, 0.25) is 0 Å². The molecule has 0 aliphatic rings. The minimum Gasteiger partial charge on any atom is -0.490 e. The van der Waals surface area contributed by atoms with Crippen molar-refractivity contribution in [3.63, 3.8) is 0 Å². The Morgan fingerprint density at radius 2 is 1.69 bits per heavy atom. The van der Waals surface area contributed by atoms with E-state index in [2.05, 4.69) is 15.8 Å². The Balaban J connectivity index is 1.59. The molecule has 0 saturated heterocycles. The number of benzene rings is 3. The normalized spacial score (nSPS) is 10.6. The van der Waals surface area contributed by atoms with E-state index < -0.39 is 17.6 Å². The summed E-state index contributed by atoms with van der Waals surface area (Å²) in [4.78, 5) is 23.8. The first-order valence-electron chi connectivity index (χ1n) is 9.89. The monoisotopic (exact) mass is 435 g/mol. The Morgan fingerprint density at radius 1 is 0.938 bits per heavy atom. The zero-order valence-corrected chi connectivity index (χ0v) is 17.4. The summed E-state index contributed by atoms with van der Waals surface area (Å²) in [6.07, 6.45) is 1.36. The second-order valence-electron chi connectivity index (χ2n) is 6.55. The number of anilines is 1. The molecule has 0 bridgehead atoms. The van der Waals surface area contributed by atoms with E-state index in [1.165, 1.54) is 30.5 Å². The number of ether oxygens (including phenoxy) is 2. The van der Waals surface area contributed by atoms with Crippen LogP contribution in [0.5, 0.6) is 11.5 Å². The first kappa shape index (κ1) is 22.5. The average Bonchev–Trinajstić information content (AvgIpc) is 2.81. The van der Waals surface area contributed by atoms with Crippen LogP contribution < -0.4 is 20.2 Å². The van der Waals surface area contributed by atoms with Gasteiger partial charge in [-0.25, -0.2) is 9.82 Å². The van der Waals surface area contributed by atoms with Crippen LogP contribution in [0.3, 0.4) is 0 Å². The molecular weight excluding hydrogens is 413 g/mol. The highest BCUT2D eigenvalue weighted by Gasteiger charge is 2.14. The van der Waals surface area contributed by atoms with E-state index in [1.807, 2.05) is 37.3 Å². The highest BCUT2D eigenvalue weighted by molar-refractivity contribution is 6.39. The Labute approximate surface area is 184 Å².